The number of nitrogens with two attached hydrogens (primary N) is 1. The van der Waals surface area contributed by atoms with Crippen molar-refractivity contribution in [2.24, 2.45) is 10.8 Å². The van der Waals surface area contributed by atoms with E-state index < -0.39 is 0 Å². The standard InChI is InChI=1S/C13H18Br2N4/c14-10-7-4-8-11(15)12(10)18-13(19-16)17-9-5-2-1-3-6-9/h4,7-9H,1-3,5-6,16H2,(H2,17,18,19). The third-order valence-electron chi connectivity index (χ3n) is 3.23. The number of anilines is 1. The average Bonchev–Trinajstić information content (AvgIpc) is 2.43. The maximum atomic E-state index is 5.56. The summed E-state index contributed by atoms with van der Waals surface area (Å²) in [5, 5.41) is 3.23. The molecule has 1 fully saturated rings. The van der Waals surface area contributed by atoms with E-state index in [4.69, 9.17) is 5.84 Å². The van der Waals surface area contributed by atoms with E-state index in [0.29, 0.717) is 12.0 Å². The van der Waals surface area contributed by atoms with Crippen LogP contribution < -0.4 is 16.6 Å². The SMILES string of the molecule is NNC(=NC1CCCCC1)Nc1c(Br)cccc1Br. The van der Waals surface area contributed by atoms with E-state index in [0.717, 1.165) is 27.5 Å². The molecule has 4 nitrogen and oxygen atoms in total. The van der Waals surface area contributed by atoms with Crippen molar-refractivity contribution in [1.29, 1.82) is 0 Å². The Morgan fingerprint density at radius 1 is 1.16 bits per heavy atom. The van der Waals surface area contributed by atoms with E-state index in [9.17, 15) is 0 Å². The second-order valence-electron chi connectivity index (χ2n) is 4.64. The molecule has 0 aliphatic heterocycles. The van der Waals surface area contributed by atoms with Crippen LogP contribution in [0.25, 0.3) is 0 Å². The Kier molecular flexibility index (Phi) is 5.66. The second-order valence-corrected chi connectivity index (χ2v) is 6.34. The molecule has 2 rings (SSSR count). The highest BCUT2D eigenvalue weighted by molar-refractivity contribution is 9.11. The van der Waals surface area contributed by atoms with Crippen molar-refractivity contribution in [2.45, 2.75) is 38.1 Å². The molecule has 1 aliphatic carbocycles. The Morgan fingerprint density at radius 2 is 1.79 bits per heavy atom. The molecule has 1 aromatic carbocycles. The molecule has 4 N–H and O–H groups in total. The molecular formula is C13H18Br2N4. The molecule has 0 atom stereocenters. The van der Waals surface area contributed by atoms with Gasteiger partial charge in [-0.25, -0.2) is 10.8 Å². The van der Waals surface area contributed by atoms with Crippen LogP contribution in [0.2, 0.25) is 0 Å². The zero-order valence-corrected chi connectivity index (χ0v) is 13.8. The number of hydrogen-bond acceptors (Lipinski definition) is 2. The molecule has 0 amide bonds. The van der Waals surface area contributed by atoms with E-state index >= 15 is 0 Å². The smallest absolute Gasteiger partial charge is 0.210 e. The lowest BCUT2D eigenvalue weighted by Crippen LogP contribution is -2.37. The summed E-state index contributed by atoms with van der Waals surface area (Å²) in [6.07, 6.45) is 6.12. The van der Waals surface area contributed by atoms with Gasteiger partial charge in [-0.3, -0.25) is 5.43 Å². The van der Waals surface area contributed by atoms with Crippen molar-refractivity contribution >= 4 is 43.5 Å². The predicted molar refractivity (Wildman–Crippen MR) is 87.1 cm³/mol. The normalized spacial score (nSPS) is 17.3. The van der Waals surface area contributed by atoms with E-state index in [2.05, 4.69) is 47.6 Å². The Labute approximate surface area is 130 Å². The van der Waals surface area contributed by atoms with E-state index in [1.807, 2.05) is 18.2 Å². The highest BCUT2D eigenvalue weighted by Crippen LogP contribution is 2.30. The minimum atomic E-state index is 0.369. The van der Waals surface area contributed by atoms with Crippen molar-refractivity contribution in [3.8, 4) is 0 Å². The minimum absolute atomic E-state index is 0.369. The number of nitrogens with one attached hydrogen (secondary N) is 2. The van der Waals surface area contributed by atoms with Gasteiger partial charge >= 0.3 is 0 Å². The van der Waals surface area contributed by atoms with Crippen LogP contribution in [0.3, 0.4) is 0 Å². The first-order valence-electron chi connectivity index (χ1n) is 6.46. The van der Waals surface area contributed by atoms with Crippen LogP contribution in [0.15, 0.2) is 32.1 Å². The fraction of sp³-hybridized carbons (Fsp3) is 0.462. The number of hydrazine groups is 1. The third-order valence-corrected chi connectivity index (χ3v) is 4.55. The summed E-state index contributed by atoms with van der Waals surface area (Å²) in [6.45, 7) is 0. The summed E-state index contributed by atoms with van der Waals surface area (Å²) in [5.74, 6) is 6.17. The number of rotatable bonds is 2. The third kappa shape index (κ3) is 4.19. The maximum absolute atomic E-state index is 5.56. The Bertz CT molecular complexity index is 436. The van der Waals surface area contributed by atoms with E-state index in [1.54, 1.807) is 0 Å². The molecule has 0 unspecified atom stereocenters. The van der Waals surface area contributed by atoms with Crippen LogP contribution in [0.1, 0.15) is 32.1 Å². The van der Waals surface area contributed by atoms with Gasteiger partial charge in [0.15, 0.2) is 0 Å². The predicted octanol–water partition coefficient (Wildman–Crippen LogP) is 3.78. The van der Waals surface area contributed by atoms with Crippen molar-refractivity contribution in [3.63, 3.8) is 0 Å². The van der Waals surface area contributed by atoms with Gasteiger partial charge in [-0.15, -0.1) is 0 Å². The molecular weight excluding hydrogens is 372 g/mol. The van der Waals surface area contributed by atoms with Crippen molar-refractivity contribution in [2.75, 3.05) is 5.32 Å². The van der Waals surface area contributed by atoms with Gasteiger partial charge in [0, 0.05) is 8.95 Å². The second kappa shape index (κ2) is 7.26. The number of nitrogens with zero attached hydrogens (tertiary/aromatic N) is 1. The molecule has 0 aromatic heterocycles. The van der Waals surface area contributed by atoms with Crippen LogP contribution in [0, 0.1) is 0 Å². The molecule has 0 radical (unpaired) electrons. The average molecular weight is 390 g/mol. The van der Waals surface area contributed by atoms with Crippen molar-refractivity contribution in [1.82, 2.24) is 5.43 Å². The summed E-state index contributed by atoms with van der Waals surface area (Å²) < 4.78 is 1.93. The molecule has 19 heavy (non-hydrogen) atoms. The maximum Gasteiger partial charge on any atom is 0.210 e. The van der Waals surface area contributed by atoms with Gasteiger partial charge in [-0.2, -0.15) is 0 Å². The summed E-state index contributed by atoms with van der Waals surface area (Å²) >= 11 is 7.03. The summed E-state index contributed by atoms with van der Waals surface area (Å²) in [7, 11) is 0. The Balaban J connectivity index is 2.12. The molecule has 0 bridgehead atoms. The molecule has 104 valence electrons. The number of guanidine groups is 1. The highest BCUT2D eigenvalue weighted by Gasteiger charge is 2.14. The lowest BCUT2D eigenvalue weighted by atomic mass is 9.96. The molecule has 1 aliphatic rings. The number of halogens is 2. The Morgan fingerprint density at radius 3 is 2.37 bits per heavy atom. The summed E-state index contributed by atoms with van der Waals surface area (Å²) in [4.78, 5) is 4.66. The quantitative estimate of drug-likeness (QED) is 0.312. The van der Waals surface area contributed by atoms with Crippen LogP contribution >= 0.6 is 31.9 Å². The zero-order valence-electron chi connectivity index (χ0n) is 10.6. The van der Waals surface area contributed by atoms with Crippen molar-refractivity contribution < 1.29 is 0 Å². The summed E-state index contributed by atoms with van der Waals surface area (Å²) in [5.41, 5.74) is 3.58. The van der Waals surface area contributed by atoms with Gasteiger partial charge in [0.2, 0.25) is 5.96 Å². The number of aliphatic imine (C=N–C) groups is 1. The van der Waals surface area contributed by atoms with Gasteiger partial charge < -0.3 is 5.32 Å². The van der Waals surface area contributed by atoms with Gasteiger partial charge in [0.25, 0.3) is 0 Å². The van der Waals surface area contributed by atoms with Crippen LogP contribution in [0.4, 0.5) is 5.69 Å². The molecule has 0 heterocycles. The Hall–Kier alpha value is -0.590. The van der Waals surface area contributed by atoms with Crippen molar-refractivity contribution in [3.05, 3.63) is 27.1 Å². The van der Waals surface area contributed by atoms with E-state index in [-0.39, 0.29) is 0 Å². The fourth-order valence-electron chi connectivity index (χ4n) is 2.23. The highest BCUT2D eigenvalue weighted by atomic mass is 79.9. The molecule has 1 aromatic rings. The zero-order chi connectivity index (χ0) is 13.7. The van der Waals surface area contributed by atoms with Gasteiger partial charge in [-0.05, 0) is 56.8 Å². The van der Waals surface area contributed by atoms with Gasteiger partial charge in [0.1, 0.15) is 0 Å². The first kappa shape index (κ1) is 14.8. The minimum Gasteiger partial charge on any atom is -0.323 e. The van der Waals surface area contributed by atoms with Crippen LogP contribution in [-0.4, -0.2) is 12.0 Å². The summed E-state index contributed by atoms with van der Waals surface area (Å²) in [6, 6.07) is 6.28. The number of para-hydroxylation sites is 1. The lowest BCUT2D eigenvalue weighted by molar-refractivity contribution is 0.442. The molecule has 0 spiro atoms. The lowest BCUT2D eigenvalue weighted by Gasteiger charge is -2.20. The number of hydrogen-bond donors (Lipinski definition) is 3. The molecule has 0 saturated heterocycles. The van der Waals surface area contributed by atoms with Crippen LogP contribution in [0.5, 0.6) is 0 Å². The molecule has 6 heteroatoms. The van der Waals surface area contributed by atoms with Gasteiger partial charge in [0.05, 0.1) is 11.7 Å². The van der Waals surface area contributed by atoms with Gasteiger partial charge in [-0.1, -0.05) is 25.3 Å². The topological polar surface area (TPSA) is 62.4 Å². The largest absolute Gasteiger partial charge is 0.323 e. The van der Waals surface area contributed by atoms with Crippen LogP contribution in [-0.2, 0) is 0 Å². The monoisotopic (exact) mass is 388 g/mol. The molecule has 1 saturated carbocycles. The number of benzene rings is 1. The first-order valence-corrected chi connectivity index (χ1v) is 8.04. The van der Waals surface area contributed by atoms with E-state index in [1.165, 1.54) is 19.3 Å². The fourth-order valence-corrected chi connectivity index (χ4v) is 3.43. The first-order chi connectivity index (χ1) is 9.20.